The molecule has 0 spiro atoms. The molecule has 6 nitrogen and oxygen atoms in total. The summed E-state index contributed by atoms with van der Waals surface area (Å²) in [7, 11) is -2.23. The molecule has 140 valence electrons. The molecule has 26 heavy (non-hydrogen) atoms. The Bertz CT molecular complexity index is 873. The topological polar surface area (TPSA) is 72.9 Å². The molecule has 0 unspecified atom stereocenters. The number of rotatable bonds is 8. The monoisotopic (exact) mass is 395 g/mol. The Labute approximate surface area is 157 Å². The van der Waals surface area contributed by atoms with Crippen molar-refractivity contribution in [2.75, 3.05) is 19.9 Å². The standard InChI is InChI=1S/C18H21NO5S2/c1-23-15-8-7-14(10-16(15)24-26(2,21)22)12-19(11-13-5-6-13)18(20)17-4-3-9-25-17/h3-4,7-10,13H,5-6,11-12H2,1-2H3. The molecule has 0 bridgehead atoms. The molecule has 8 heteroatoms. The van der Waals surface area contributed by atoms with Gasteiger partial charge in [0.15, 0.2) is 11.5 Å². The van der Waals surface area contributed by atoms with Crippen molar-refractivity contribution >= 4 is 27.4 Å². The fourth-order valence-corrected chi connectivity index (χ4v) is 3.80. The van der Waals surface area contributed by atoms with E-state index < -0.39 is 10.1 Å². The lowest BCUT2D eigenvalue weighted by Crippen LogP contribution is -2.32. The van der Waals surface area contributed by atoms with Crippen LogP contribution >= 0.6 is 11.3 Å². The van der Waals surface area contributed by atoms with Crippen LogP contribution in [0.5, 0.6) is 11.5 Å². The van der Waals surface area contributed by atoms with Gasteiger partial charge in [-0.05, 0) is 47.9 Å². The second kappa shape index (κ2) is 7.67. The quantitative estimate of drug-likeness (QED) is 0.642. The van der Waals surface area contributed by atoms with Crippen molar-refractivity contribution in [2.24, 2.45) is 5.92 Å². The van der Waals surface area contributed by atoms with Crippen molar-refractivity contribution in [3.63, 3.8) is 0 Å². The minimum Gasteiger partial charge on any atom is -0.493 e. The number of hydrogen-bond acceptors (Lipinski definition) is 6. The Hall–Kier alpha value is -2.06. The third-order valence-electron chi connectivity index (χ3n) is 4.04. The van der Waals surface area contributed by atoms with E-state index >= 15 is 0 Å². The second-order valence-electron chi connectivity index (χ2n) is 6.38. The van der Waals surface area contributed by atoms with E-state index in [4.69, 9.17) is 8.92 Å². The summed E-state index contributed by atoms with van der Waals surface area (Å²) in [6.45, 7) is 1.09. The van der Waals surface area contributed by atoms with Crippen molar-refractivity contribution in [1.82, 2.24) is 4.90 Å². The minimum atomic E-state index is -3.67. The van der Waals surface area contributed by atoms with Gasteiger partial charge in [0.2, 0.25) is 0 Å². The fraction of sp³-hybridized carbons (Fsp3) is 0.389. The molecule has 1 aromatic carbocycles. The molecule has 0 N–H and O–H groups in total. The van der Waals surface area contributed by atoms with Crippen molar-refractivity contribution in [3.05, 3.63) is 46.2 Å². The van der Waals surface area contributed by atoms with Gasteiger partial charge in [0.05, 0.1) is 18.2 Å². The van der Waals surface area contributed by atoms with E-state index in [1.807, 2.05) is 28.5 Å². The number of nitrogens with zero attached hydrogens (tertiary/aromatic N) is 1. The fourth-order valence-electron chi connectivity index (χ4n) is 2.66. The first-order chi connectivity index (χ1) is 12.4. The molecule has 1 amide bonds. The Kier molecular flexibility index (Phi) is 5.52. The van der Waals surface area contributed by atoms with Crippen molar-refractivity contribution in [1.29, 1.82) is 0 Å². The average Bonchev–Trinajstić information content (AvgIpc) is 3.22. The van der Waals surface area contributed by atoms with Crippen LogP contribution in [0, 0.1) is 5.92 Å². The third-order valence-corrected chi connectivity index (χ3v) is 5.38. The number of carbonyl (C=O) groups excluding carboxylic acids is 1. The van der Waals surface area contributed by atoms with E-state index in [0.717, 1.165) is 24.7 Å². The molecule has 1 aromatic heterocycles. The van der Waals surface area contributed by atoms with Crippen molar-refractivity contribution < 1.29 is 22.1 Å². The van der Waals surface area contributed by atoms with Gasteiger partial charge in [-0.3, -0.25) is 4.79 Å². The van der Waals surface area contributed by atoms with Crippen LogP contribution in [0.25, 0.3) is 0 Å². The average molecular weight is 396 g/mol. The molecule has 1 fully saturated rings. The first-order valence-electron chi connectivity index (χ1n) is 8.25. The van der Waals surface area contributed by atoms with Gasteiger partial charge in [-0.15, -0.1) is 11.3 Å². The maximum Gasteiger partial charge on any atom is 0.306 e. The summed E-state index contributed by atoms with van der Waals surface area (Å²) in [6, 6.07) is 8.76. The highest BCUT2D eigenvalue weighted by atomic mass is 32.2. The van der Waals surface area contributed by atoms with E-state index in [9.17, 15) is 13.2 Å². The summed E-state index contributed by atoms with van der Waals surface area (Å²) in [5.41, 5.74) is 0.787. The number of thiophene rings is 1. The molecule has 1 aliphatic rings. The van der Waals surface area contributed by atoms with E-state index in [-0.39, 0.29) is 11.7 Å². The van der Waals surface area contributed by atoms with E-state index in [0.29, 0.717) is 29.6 Å². The zero-order chi connectivity index (χ0) is 18.7. The van der Waals surface area contributed by atoms with Gasteiger partial charge in [-0.2, -0.15) is 8.42 Å². The summed E-state index contributed by atoms with van der Waals surface area (Å²) in [6.07, 6.45) is 3.26. The summed E-state index contributed by atoms with van der Waals surface area (Å²) in [4.78, 5) is 15.3. The Morgan fingerprint density at radius 1 is 1.27 bits per heavy atom. The lowest BCUT2D eigenvalue weighted by Gasteiger charge is -2.23. The Morgan fingerprint density at radius 3 is 2.62 bits per heavy atom. The van der Waals surface area contributed by atoms with Crippen LogP contribution in [0.1, 0.15) is 28.1 Å². The molecule has 0 aliphatic heterocycles. The number of hydrogen-bond donors (Lipinski definition) is 0. The maximum absolute atomic E-state index is 12.8. The van der Waals surface area contributed by atoms with Gasteiger partial charge in [-0.25, -0.2) is 0 Å². The van der Waals surface area contributed by atoms with Crippen LogP contribution in [-0.2, 0) is 16.7 Å². The van der Waals surface area contributed by atoms with Crippen LogP contribution in [0.3, 0.4) is 0 Å². The molecule has 0 radical (unpaired) electrons. The van der Waals surface area contributed by atoms with Crippen LogP contribution in [-0.4, -0.2) is 39.1 Å². The number of carbonyl (C=O) groups is 1. The van der Waals surface area contributed by atoms with Gasteiger partial charge in [0.1, 0.15) is 0 Å². The second-order valence-corrected chi connectivity index (χ2v) is 8.90. The van der Waals surface area contributed by atoms with Gasteiger partial charge in [0.25, 0.3) is 5.91 Å². The molecule has 1 saturated carbocycles. The lowest BCUT2D eigenvalue weighted by molar-refractivity contribution is 0.0739. The van der Waals surface area contributed by atoms with E-state index in [2.05, 4.69) is 0 Å². The summed E-state index contributed by atoms with van der Waals surface area (Å²) in [5.74, 6) is 0.997. The van der Waals surface area contributed by atoms with E-state index in [1.165, 1.54) is 18.4 Å². The summed E-state index contributed by atoms with van der Waals surface area (Å²) in [5, 5.41) is 1.88. The molecular weight excluding hydrogens is 374 g/mol. The van der Waals surface area contributed by atoms with Gasteiger partial charge < -0.3 is 13.8 Å². The smallest absolute Gasteiger partial charge is 0.306 e. The Morgan fingerprint density at radius 2 is 2.04 bits per heavy atom. The first-order valence-corrected chi connectivity index (χ1v) is 10.9. The zero-order valence-electron chi connectivity index (χ0n) is 14.7. The van der Waals surface area contributed by atoms with Crippen LogP contribution in [0.2, 0.25) is 0 Å². The third kappa shape index (κ3) is 4.98. The molecule has 1 heterocycles. The van der Waals surface area contributed by atoms with Gasteiger partial charge in [-0.1, -0.05) is 12.1 Å². The van der Waals surface area contributed by atoms with Gasteiger partial charge in [0, 0.05) is 13.1 Å². The first kappa shape index (κ1) is 18.7. The molecule has 0 atom stereocenters. The highest BCUT2D eigenvalue weighted by Gasteiger charge is 2.28. The number of amides is 1. The van der Waals surface area contributed by atoms with Crippen LogP contribution in [0.4, 0.5) is 0 Å². The maximum atomic E-state index is 12.8. The number of ether oxygens (including phenoxy) is 1. The highest BCUT2D eigenvalue weighted by molar-refractivity contribution is 7.86. The molecule has 2 aromatic rings. The van der Waals surface area contributed by atoms with Gasteiger partial charge >= 0.3 is 10.1 Å². The van der Waals surface area contributed by atoms with Crippen molar-refractivity contribution in [2.45, 2.75) is 19.4 Å². The van der Waals surface area contributed by atoms with Crippen molar-refractivity contribution in [3.8, 4) is 11.5 Å². The SMILES string of the molecule is COc1ccc(CN(CC2CC2)C(=O)c2cccs2)cc1OS(C)(=O)=O. The summed E-state index contributed by atoms with van der Waals surface area (Å²) < 4.78 is 33.1. The predicted octanol–water partition coefficient (Wildman–Crippen LogP) is 3.15. The molecule has 0 saturated heterocycles. The summed E-state index contributed by atoms with van der Waals surface area (Å²) >= 11 is 1.42. The highest BCUT2D eigenvalue weighted by Crippen LogP contribution is 2.33. The molecule has 3 rings (SSSR count). The minimum absolute atomic E-state index is 0.00620. The normalized spacial score (nSPS) is 14.1. The van der Waals surface area contributed by atoms with Crippen LogP contribution in [0.15, 0.2) is 35.7 Å². The molecule has 1 aliphatic carbocycles. The largest absolute Gasteiger partial charge is 0.493 e. The van der Waals surface area contributed by atoms with E-state index in [1.54, 1.807) is 12.1 Å². The predicted molar refractivity (Wildman–Crippen MR) is 100 cm³/mol. The zero-order valence-corrected chi connectivity index (χ0v) is 16.3. The lowest BCUT2D eigenvalue weighted by atomic mass is 10.1. The van der Waals surface area contributed by atoms with Crippen LogP contribution < -0.4 is 8.92 Å². The molecular formula is C18H21NO5S2. The number of methoxy groups -OCH3 is 1. The number of benzene rings is 1. The Balaban J connectivity index is 1.83.